The summed E-state index contributed by atoms with van der Waals surface area (Å²) < 4.78 is 0. The predicted octanol–water partition coefficient (Wildman–Crippen LogP) is 2.81. The third-order valence-electron chi connectivity index (χ3n) is 2.08. The van der Waals surface area contributed by atoms with Crippen LogP contribution in [0.2, 0.25) is 0 Å². The second kappa shape index (κ2) is 4.72. The largest absolute Gasteiger partial charge is 0.347 e. The summed E-state index contributed by atoms with van der Waals surface area (Å²) in [7, 11) is 3.38. The van der Waals surface area contributed by atoms with E-state index in [0.29, 0.717) is 5.69 Å². The second-order valence-electron chi connectivity index (χ2n) is 4.92. The molecule has 1 rings (SSSR count). The van der Waals surface area contributed by atoms with Gasteiger partial charge in [-0.05, 0) is 0 Å². The highest BCUT2D eigenvalue weighted by atomic mass is 35.5. The van der Waals surface area contributed by atoms with Gasteiger partial charge in [-0.25, -0.2) is 4.98 Å². The summed E-state index contributed by atoms with van der Waals surface area (Å²) in [5.74, 6) is -0.132. The maximum Gasteiger partial charge on any atom is 0.246 e. The fourth-order valence-electron chi connectivity index (χ4n) is 1.10. The molecule has 0 aliphatic heterocycles. The SMILES string of the molecule is CN(C)C(=O)C(Cl)c1csc(C(C)(C)C)n1. The van der Waals surface area contributed by atoms with Gasteiger partial charge >= 0.3 is 0 Å². The number of halogens is 1. The lowest BCUT2D eigenvalue weighted by molar-refractivity contribution is -0.128. The average molecular weight is 261 g/mol. The number of amides is 1. The summed E-state index contributed by atoms with van der Waals surface area (Å²) in [5.41, 5.74) is 0.649. The maximum absolute atomic E-state index is 11.7. The molecule has 0 aliphatic carbocycles. The standard InChI is InChI=1S/C11H17ClN2OS/c1-11(2,3)10-13-7(6-16-10)8(12)9(15)14(4)5/h6,8H,1-5H3. The van der Waals surface area contributed by atoms with Gasteiger partial charge < -0.3 is 4.90 Å². The van der Waals surface area contributed by atoms with Crippen LogP contribution in [0.1, 0.15) is 36.8 Å². The lowest BCUT2D eigenvalue weighted by Crippen LogP contribution is -2.25. The van der Waals surface area contributed by atoms with Crippen molar-refractivity contribution in [3.63, 3.8) is 0 Å². The first-order valence-electron chi connectivity index (χ1n) is 5.04. The molecule has 0 aromatic carbocycles. The van der Waals surface area contributed by atoms with Crippen LogP contribution in [0.25, 0.3) is 0 Å². The van der Waals surface area contributed by atoms with Gasteiger partial charge in [-0.2, -0.15) is 0 Å². The van der Waals surface area contributed by atoms with Gasteiger partial charge in [-0.15, -0.1) is 22.9 Å². The lowest BCUT2D eigenvalue weighted by atomic mass is 9.98. The zero-order valence-corrected chi connectivity index (χ0v) is 11.8. The molecule has 1 aromatic heterocycles. The molecule has 1 unspecified atom stereocenters. The lowest BCUT2D eigenvalue weighted by Gasteiger charge is -2.15. The van der Waals surface area contributed by atoms with Gasteiger partial charge in [-0.3, -0.25) is 4.79 Å². The van der Waals surface area contributed by atoms with Crippen molar-refractivity contribution in [2.75, 3.05) is 14.1 Å². The number of hydrogen-bond acceptors (Lipinski definition) is 3. The molecule has 90 valence electrons. The average Bonchev–Trinajstić information content (AvgIpc) is 2.63. The Kier molecular flexibility index (Phi) is 3.97. The highest BCUT2D eigenvalue weighted by Gasteiger charge is 2.25. The molecular weight excluding hydrogens is 244 g/mol. The number of carbonyl (C=O) groups excluding carboxylic acids is 1. The van der Waals surface area contributed by atoms with Crippen molar-refractivity contribution < 1.29 is 4.79 Å². The Hall–Kier alpha value is -0.610. The molecule has 16 heavy (non-hydrogen) atoms. The van der Waals surface area contributed by atoms with Crippen LogP contribution in [0.5, 0.6) is 0 Å². The van der Waals surface area contributed by atoms with Gasteiger partial charge in [0, 0.05) is 24.9 Å². The number of likely N-dealkylation sites (N-methyl/N-ethyl adjacent to an activating group) is 1. The minimum absolute atomic E-state index is 0.000684. The molecule has 0 spiro atoms. The van der Waals surface area contributed by atoms with E-state index in [1.165, 1.54) is 4.90 Å². The van der Waals surface area contributed by atoms with E-state index in [9.17, 15) is 4.79 Å². The van der Waals surface area contributed by atoms with E-state index in [1.54, 1.807) is 25.4 Å². The molecule has 1 aromatic rings. The van der Waals surface area contributed by atoms with E-state index in [2.05, 4.69) is 25.8 Å². The number of carbonyl (C=O) groups is 1. The Labute approximate surface area is 105 Å². The van der Waals surface area contributed by atoms with Crippen molar-refractivity contribution in [3.8, 4) is 0 Å². The molecule has 1 atom stereocenters. The fraction of sp³-hybridized carbons (Fsp3) is 0.636. The van der Waals surface area contributed by atoms with Crippen molar-refractivity contribution in [2.45, 2.75) is 31.6 Å². The Morgan fingerprint density at radius 3 is 2.44 bits per heavy atom. The molecule has 0 N–H and O–H groups in total. The summed E-state index contributed by atoms with van der Waals surface area (Å²) in [6.07, 6.45) is 0. The van der Waals surface area contributed by atoms with Gasteiger partial charge in [0.2, 0.25) is 5.91 Å². The van der Waals surface area contributed by atoms with Gasteiger partial charge in [0.15, 0.2) is 5.38 Å². The smallest absolute Gasteiger partial charge is 0.246 e. The first-order chi connectivity index (χ1) is 7.23. The summed E-state index contributed by atoms with van der Waals surface area (Å²) in [6.45, 7) is 6.27. The zero-order chi connectivity index (χ0) is 12.5. The van der Waals surface area contributed by atoms with Crippen molar-refractivity contribution in [2.24, 2.45) is 0 Å². The molecular formula is C11H17ClN2OS. The predicted molar refractivity (Wildman–Crippen MR) is 68.1 cm³/mol. The minimum Gasteiger partial charge on any atom is -0.347 e. The highest BCUT2D eigenvalue weighted by molar-refractivity contribution is 7.09. The Morgan fingerprint density at radius 1 is 1.50 bits per heavy atom. The molecule has 0 radical (unpaired) electrons. The fourth-order valence-corrected chi connectivity index (χ4v) is 2.41. The quantitative estimate of drug-likeness (QED) is 0.766. The first kappa shape index (κ1) is 13.5. The molecule has 0 saturated heterocycles. The van der Waals surface area contributed by atoms with E-state index in [4.69, 9.17) is 11.6 Å². The summed E-state index contributed by atoms with van der Waals surface area (Å²) in [6, 6.07) is 0. The molecule has 0 bridgehead atoms. The topological polar surface area (TPSA) is 33.2 Å². The Balaban J connectivity index is 2.90. The van der Waals surface area contributed by atoms with Crippen LogP contribution in [0.3, 0.4) is 0 Å². The molecule has 1 heterocycles. The summed E-state index contributed by atoms with van der Waals surface area (Å²) >= 11 is 7.62. The summed E-state index contributed by atoms with van der Waals surface area (Å²) in [5, 5.41) is 2.18. The van der Waals surface area contributed by atoms with Crippen molar-refractivity contribution in [3.05, 3.63) is 16.1 Å². The summed E-state index contributed by atoms with van der Waals surface area (Å²) in [4.78, 5) is 17.6. The van der Waals surface area contributed by atoms with Crippen LogP contribution in [0, 0.1) is 0 Å². The Morgan fingerprint density at radius 2 is 2.06 bits per heavy atom. The van der Waals surface area contributed by atoms with Crippen molar-refractivity contribution in [1.29, 1.82) is 0 Å². The van der Waals surface area contributed by atoms with E-state index in [1.807, 2.05) is 5.38 Å². The van der Waals surface area contributed by atoms with Gasteiger partial charge in [-0.1, -0.05) is 20.8 Å². The highest BCUT2D eigenvalue weighted by Crippen LogP contribution is 2.30. The molecule has 1 amide bonds. The van der Waals surface area contributed by atoms with Crippen molar-refractivity contribution in [1.82, 2.24) is 9.88 Å². The van der Waals surface area contributed by atoms with Crippen molar-refractivity contribution >= 4 is 28.8 Å². The van der Waals surface area contributed by atoms with E-state index in [0.717, 1.165) is 5.01 Å². The number of thiazole rings is 1. The zero-order valence-electron chi connectivity index (χ0n) is 10.2. The number of aromatic nitrogens is 1. The van der Waals surface area contributed by atoms with Gasteiger partial charge in [0.1, 0.15) is 0 Å². The third kappa shape index (κ3) is 2.95. The van der Waals surface area contributed by atoms with Gasteiger partial charge in [0.25, 0.3) is 0 Å². The Bertz CT molecular complexity index is 382. The molecule has 0 fully saturated rings. The maximum atomic E-state index is 11.7. The number of nitrogens with zero attached hydrogens (tertiary/aromatic N) is 2. The molecule has 3 nitrogen and oxygen atoms in total. The van der Waals surface area contributed by atoms with Crippen LogP contribution < -0.4 is 0 Å². The first-order valence-corrected chi connectivity index (χ1v) is 6.36. The van der Waals surface area contributed by atoms with Crippen LogP contribution >= 0.6 is 22.9 Å². The van der Waals surface area contributed by atoms with Gasteiger partial charge in [0.05, 0.1) is 10.7 Å². The second-order valence-corrected chi connectivity index (χ2v) is 6.22. The normalized spacial score (nSPS) is 13.6. The number of alkyl halides is 1. The number of hydrogen-bond donors (Lipinski definition) is 0. The van der Waals surface area contributed by atoms with E-state index in [-0.39, 0.29) is 11.3 Å². The molecule has 0 aliphatic rings. The van der Waals surface area contributed by atoms with Crippen LogP contribution in [-0.2, 0) is 10.2 Å². The van der Waals surface area contributed by atoms with E-state index >= 15 is 0 Å². The number of rotatable bonds is 2. The third-order valence-corrected chi connectivity index (χ3v) is 3.78. The minimum atomic E-state index is -0.678. The molecule has 0 saturated carbocycles. The van der Waals surface area contributed by atoms with E-state index < -0.39 is 5.38 Å². The molecule has 5 heteroatoms. The van der Waals surface area contributed by atoms with Crippen LogP contribution in [-0.4, -0.2) is 29.9 Å². The van der Waals surface area contributed by atoms with Crippen LogP contribution in [0.4, 0.5) is 0 Å². The van der Waals surface area contributed by atoms with Crippen LogP contribution in [0.15, 0.2) is 5.38 Å². The monoisotopic (exact) mass is 260 g/mol.